The number of hydrogen-bond donors (Lipinski definition) is 2. The number of amides is 2. The number of aromatic nitrogens is 3. The molecule has 146 valence electrons. The minimum absolute atomic E-state index is 0.0257. The van der Waals surface area contributed by atoms with Gasteiger partial charge in [-0.2, -0.15) is 0 Å². The van der Waals surface area contributed by atoms with Crippen molar-refractivity contribution in [3.63, 3.8) is 0 Å². The number of likely N-dealkylation sites (N-methyl/N-ethyl adjacent to an activating group) is 1. The predicted molar refractivity (Wildman–Crippen MR) is 104 cm³/mol. The highest BCUT2D eigenvalue weighted by Gasteiger charge is 2.27. The van der Waals surface area contributed by atoms with Crippen LogP contribution in [-0.2, 0) is 11.3 Å². The first-order chi connectivity index (χ1) is 13.0. The molecule has 1 aliphatic heterocycles. The molecule has 0 bridgehead atoms. The Morgan fingerprint density at radius 2 is 2.15 bits per heavy atom. The first kappa shape index (κ1) is 19.5. The van der Waals surface area contributed by atoms with E-state index >= 15 is 0 Å². The first-order valence-electron chi connectivity index (χ1n) is 9.19. The Bertz CT molecular complexity index is 760. The summed E-state index contributed by atoms with van der Waals surface area (Å²) >= 11 is 1.50. The number of aryl methyl sites for hydroxylation is 1. The van der Waals surface area contributed by atoms with Gasteiger partial charge in [0.2, 0.25) is 5.91 Å². The van der Waals surface area contributed by atoms with Gasteiger partial charge in [-0.1, -0.05) is 5.21 Å². The summed E-state index contributed by atoms with van der Waals surface area (Å²) in [5, 5.41) is 13.7. The monoisotopic (exact) mass is 390 g/mol. The Labute approximate surface area is 162 Å². The summed E-state index contributed by atoms with van der Waals surface area (Å²) in [6, 6.07) is 3.87. The standard InChI is InChI=1S/C18H26N6O2S/c1-13-3-6-16(27-13)18(26)21-15-5-4-14(11-23(2)12-15)17(25)19-7-9-24-10-8-20-22-24/h3,6,8,10,14-15H,4-5,7,9,11-12H2,1-2H3,(H,19,25)(H,21,26)/t14-,15+/m1/s1. The molecule has 0 radical (unpaired) electrons. The van der Waals surface area contributed by atoms with E-state index in [9.17, 15) is 9.59 Å². The minimum Gasteiger partial charge on any atom is -0.354 e. The zero-order valence-corrected chi connectivity index (χ0v) is 16.5. The van der Waals surface area contributed by atoms with Crippen LogP contribution in [0.25, 0.3) is 0 Å². The molecule has 2 aromatic rings. The molecule has 8 nitrogen and oxygen atoms in total. The molecule has 1 saturated heterocycles. The van der Waals surface area contributed by atoms with E-state index in [1.54, 1.807) is 17.1 Å². The fourth-order valence-corrected chi connectivity index (χ4v) is 4.12. The third-order valence-corrected chi connectivity index (χ3v) is 5.71. The molecule has 0 unspecified atom stereocenters. The molecule has 2 N–H and O–H groups in total. The summed E-state index contributed by atoms with van der Waals surface area (Å²) in [4.78, 5) is 28.9. The molecule has 3 rings (SSSR count). The third kappa shape index (κ3) is 5.61. The molecule has 2 atom stereocenters. The molecule has 27 heavy (non-hydrogen) atoms. The predicted octanol–water partition coefficient (Wildman–Crippen LogP) is 0.905. The maximum atomic E-state index is 12.5. The van der Waals surface area contributed by atoms with Crippen molar-refractivity contribution in [3.05, 3.63) is 34.3 Å². The quantitative estimate of drug-likeness (QED) is 0.765. The molecule has 2 aromatic heterocycles. The third-order valence-electron chi connectivity index (χ3n) is 4.71. The van der Waals surface area contributed by atoms with Crippen LogP contribution in [0.3, 0.4) is 0 Å². The zero-order valence-electron chi connectivity index (χ0n) is 15.7. The average Bonchev–Trinajstić information content (AvgIpc) is 3.26. The number of hydrogen-bond acceptors (Lipinski definition) is 6. The Morgan fingerprint density at radius 3 is 2.85 bits per heavy atom. The van der Waals surface area contributed by atoms with E-state index in [4.69, 9.17) is 0 Å². The molecule has 9 heteroatoms. The second-order valence-electron chi connectivity index (χ2n) is 7.03. The molecule has 0 saturated carbocycles. The smallest absolute Gasteiger partial charge is 0.261 e. The number of carbonyl (C=O) groups excluding carboxylic acids is 2. The van der Waals surface area contributed by atoms with Crippen molar-refractivity contribution < 1.29 is 9.59 Å². The number of likely N-dealkylation sites (tertiary alicyclic amines) is 1. The van der Waals surface area contributed by atoms with Gasteiger partial charge >= 0.3 is 0 Å². The van der Waals surface area contributed by atoms with Crippen LogP contribution in [-0.4, -0.2) is 64.4 Å². The van der Waals surface area contributed by atoms with Gasteiger partial charge in [-0.3, -0.25) is 14.3 Å². The van der Waals surface area contributed by atoms with Gasteiger partial charge in [0.15, 0.2) is 0 Å². The summed E-state index contributed by atoms with van der Waals surface area (Å²) in [6.45, 7) is 4.57. The normalized spacial score (nSPS) is 20.8. The van der Waals surface area contributed by atoms with Crippen LogP contribution in [0.1, 0.15) is 27.4 Å². The number of nitrogens with one attached hydrogen (secondary N) is 2. The van der Waals surface area contributed by atoms with Crippen molar-refractivity contribution in [1.29, 1.82) is 0 Å². The molecule has 3 heterocycles. The van der Waals surface area contributed by atoms with Crippen molar-refractivity contribution in [2.24, 2.45) is 5.92 Å². The fourth-order valence-electron chi connectivity index (χ4n) is 3.35. The molecule has 2 amide bonds. The molecular formula is C18H26N6O2S. The molecule has 0 aliphatic carbocycles. The van der Waals surface area contributed by atoms with Crippen molar-refractivity contribution in [2.45, 2.75) is 32.4 Å². The van der Waals surface area contributed by atoms with Crippen molar-refractivity contribution in [1.82, 2.24) is 30.5 Å². The van der Waals surface area contributed by atoms with Crippen LogP contribution in [0.2, 0.25) is 0 Å². The number of thiophene rings is 1. The lowest BCUT2D eigenvalue weighted by molar-refractivity contribution is -0.125. The Balaban J connectivity index is 1.47. The summed E-state index contributed by atoms with van der Waals surface area (Å²) in [6.07, 6.45) is 4.94. The highest BCUT2D eigenvalue weighted by atomic mass is 32.1. The first-order valence-corrected chi connectivity index (χ1v) is 10.0. The fraction of sp³-hybridized carbons (Fsp3) is 0.556. The van der Waals surface area contributed by atoms with Gasteiger partial charge in [0.25, 0.3) is 5.91 Å². The lowest BCUT2D eigenvalue weighted by Gasteiger charge is -2.21. The molecule has 1 fully saturated rings. The lowest BCUT2D eigenvalue weighted by Crippen LogP contribution is -2.42. The van der Waals surface area contributed by atoms with Crippen LogP contribution >= 0.6 is 11.3 Å². The van der Waals surface area contributed by atoms with Crippen molar-refractivity contribution in [2.75, 3.05) is 26.7 Å². The Kier molecular flexibility index (Phi) is 6.57. The summed E-state index contributed by atoms with van der Waals surface area (Å²) in [5.74, 6) is -0.0401. The van der Waals surface area contributed by atoms with E-state index in [0.29, 0.717) is 19.6 Å². The lowest BCUT2D eigenvalue weighted by atomic mass is 10.0. The largest absolute Gasteiger partial charge is 0.354 e. The van der Waals surface area contributed by atoms with Gasteiger partial charge in [0, 0.05) is 36.8 Å². The second-order valence-corrected chi connectivity index (χ2v) is 8.32. The maximum Gasteiger partial charge on any atom is 0.261 e. The van der Waals surface area contributed by atoms with Gasteiger partial charge in [-0.05, 0) is 38.9 Å². The minimum atomic E-state index is -0.0726. The van der Waals surface area contributed by atoms with Gasteiger partial charge in [-0.15, -0.1) is 16.4 Å². The van der Waals surface area contributed by atoms with E-state index in [1.807, 2.05) is 26.1 Å². The average molecular weight is 391 g/mol. The highest BCUT2D eigenvalue weighted by Crippen LogP contribution is 2.18. The van der Waals surface area contributed by atoms with Gasteiger partial charge in [0.05, 0.1) is 23.5 Å². The Morgan fingerprint density at radius 1 is 1.30 bits per heavy atom. The zero-order chi connectivity index (χ0) is 19.2. The second kappa shape index (κ2) is 9.09. The van der Waals surface area contributed by atoms with Gasteiger partial charge in [0.1, 0.15) is 0 Å². The van der Waals surface area contributed by atoms with Gasteiger partial charge < -0.3 is 15.5 Å². The SMILES string of the molecule is Cc1ccc(C(=O)N[C@H]2CC[C@@H](C(=O)NCCn3ccnn3)CN(C)C2)s1. The van der Waals surface area contributed by atoms with E-state index in [1.165, 1.54) is 11.3 Å². The van der Waals surface area contributed by atoms with Crippen LogP contribution < -0.4 is 10.6 Å². The van der Waals surface area contributed by atoms with E-state index < -0.39 is 0 Å². The van der Waals surface area contributed by atoms with Crippen LogP contribution in [0.5, 0.6) is 0 Å². The van der Waals surface area contributed by atoms with E-state index in [0.717, 1.165) is 29.1 Å². The molecular weight excluding hydrogens is 364 g/mol. The maximum absolute atomic E-state index is 12.5. The number of nitrogens with zero attached hydrogens (tertiary/aromatic N) is 4. The van der Waals surface area contributed by atoms with E-state index in [-0.39, 0.29) is 23.8 Å². The molecule has 1 aliphatic rings. The summed E-state index contributed by atoms with van der Waals surface area (Å²) in [7, 11) is 2.00. The van der Waals surface area contributed by atoms with Crippen LogP contribution in [0, 0.1) is 12.8 Å². The molecule has 0 spiro atoms. The van der Waals surface area contributed by atoms with Crippen LogP contribution in [0.15, 0.2) is 24.5 Å². The van der Waals surface area contributed by atoms with Crippen LogP contribution in [0.4, 0.5) is 0 Å². The van der Waals surface area contributed by atoms with Gasteiger partial charge in [-0.25, -0.2) is 0 Å². The Hall–Kier alpha value is -2.26. The van der Waals surface area contributed by atoms with Crippen molar-refractivity contribution >= 4 is 23.2 Å². The topological polar surface area (TPSA) is 92.2 Å². The van der Waals surface area contributed by atoms with Crippen molar-refractivity contribution in [3.8, 4) is 0 Å². The highest BCUT2D eigenvalue weighted by molar-refractivity contribution is 7.13. The number of carbonyl (C=O) groups is 2. The van der Waals surface area contributed by atoms with E-state index in [2.05, 4.69) is 25.8 Å². The summed E-state index contributed by atoms with van der Waals surface area (Å²) in [5.41, 5.74) is 0. The number of rotatable bonds is 6. The summed E-state index contributed by atoms with van der Waals surface area (Å²) < 4.78 is 1.69. The molecule has 0 aromatic carbocycles.